The molecule has 0 aromatic heterocycles. The van der Waals surface area contributed by atoms with E-state index in [1.54, 1.807) is 0 Å². The van der Waals surface area contributed by atoms with Gasteiger partial charge in [-0.1, -0.05) is 13.8 Å². The summed E-state index contributed by atoms with van der Waals surface area (Å²) in [5, 5.41) is 8.58. The van der Waals surface area contributed by atoms with Crippen LogP contribution in [0.3, 0.4) is 0 Å². The lowest BCUT2D eigenvalue weighted by molar-refractivity contribution is -0.188. The van der Waals surface area contributed by atoms with Crippen LogP contribution in [0.4, 0.5) is 0 Å². The summed E-state index contributed by atoms with van der Waals surface area (Å²) in [6.45, 7) is 4.72. The monoisotopic (exact) mass is 158 g/mol. The number of ether oxygens (including phenoxy) is 1. The van der Waals surface area contributed by atoms with Gasteiger partial charge in [0.05, 0.1) is 18.6 Å². The summed E-state index contributed by atoms with van der Waals surface area (Å²) in [5.74, 6) is -0.467. The topological polar surface area (TPSA) is 46.5 Å². The van der Waals surface area contributed by atoms with E-state index in [0.717, 1.165) is 6.42 Å². The van der Waals surface area contributed by atoms with Crippen LogP contribution in [0.5, 0.6) is 0 Å². The van der Waals surface area contributed by atoms with Gasteiger partial charge in [0.15, 0.2) is 0 Å². The maximum atomic E-state index is 10.4. The minimum absolute atomic E-state index is 0.144. The zero-order valence-corrected chi connectivity index (χ0v) is 6.96. The Morgan fingerprint density at radius 1 is 1.73 bits per heavy atom. The minimum atomic E-state index is -0.765. The minimum Gasteiger partial charge on any atom is -0.481 e. The molecule has 1 saturated heterocycles. The lowest BCUT2D eigenvalue weighted by Gasteiger charge is -2.44. The van der Waals surface area contributed by atoms with Gasteiger partial charge < -0.3 is 9.84 Å². The number of carboxylic acid groups (broad SMARTS) is 1. The third-order valence-electron chi connectivity index (χ3n) is 2.42. The Morgan fingerprint density at radius 2 is 2.27 bits per heavy atom. The Kier molecular flexibility index (Phi) is 2.18. The van der Waals surface area contributed by atoms with Gasteiger partial charge in [-0.15, -0.1) is 0 Å². The van der Waals surface area contributed by atoms with Crippen molar-refractivity contribution in [2.45, 2.75) is 32.3 Å². The van der Waals surface area contributed by atoms with Gasteiger partial charge in [0.25, 0.3) is 0 Å². The summed E-state index contributed by atoms with van der Waals surface area (Å²) in [4.78, 5) is 10.4. The summed E-state index contributed by atoms with van der Waals surface area (Å²) < 4.78 is 5.31. The van der Waals surface area contributed by atoms with Crippen molar-refractivity contribution in [3.63, 3.8) is 0 Å². The molecule has 1 aliphatic rings. The van der Waals surface area contributed by atoms with Gasteiger partial charge in [0.2, 0.25) is 0 Å². The molecule has 0 aromatic carbocycles. The second kappa shape index (κ2) is 2.81. The van der Waals surface area contributed by atoms with E-state index in [1.807, 2.05) is 13.8 Å². The number of carboxylic acids is 1. The van der Waals surface area contributed by atoms with Crippen LogP contribution in [0.15, 0.2) is 0 Å². The van der Waals surface area contributed by atoms with Gasteiger partial charge in [-0.05, 0) is 5.92 Å². The molecule has 1 heterocycles. The third kappa shape index (κ3) is 1.53. The lowest BCUT2D eigenvalue weighted by Crippen LogP contribution is -2.49. The largest absolute Gasteiger partial charge is 0.481 e. The maximum Gasteiger partial charge on any atom is 0.306 e. The van der Waals surface area contributed by atoms with Crippen LogP contribution >= 0.6 is 0 Å². The first-order chi connectivity index (χ1) is 5.07. The first kappa shape index (κ1) is 8.53. The molecule has 1 aliphatic heterocycles. The highest BCUT2D eigenvalue weighted by Gasteiger charge is 2.43. The van der Waals surface area contributed by atoms with Gasteiger partial charge in [0, 0.05) is 6.42 Å². The third-order valence-corrected chi connectivity index (χ3v) is 2.42. The van der Waals surface area contributed by atoms with Crippen molar-refractivity contribution < 1.29 is 14.6 Å². The zero-order valence-electron chi connectivity index (χ0n) is 6.96. The molecule has 0 radical (unpaired) electrons. The summed E-state index contributed by atoms with van der Waals surface area (Å²) in [6.07, 6.45) is 1.03. The molecular weight excluding hydrogens is 144 g/mol. The fourth-order valence-electron chi connectivity index (χ4n) is 1.42. The Morgan fingerprint density at radius 3 is 2.36 bits per heavy atom. The highest BCUT2D eigenvalue weighted by molar-refractivity contribution is 5.68. The summed E-state index contributed by atoms with van der Waals surface area (Å²) >= 11 is 0. The van der Waals surface area contributed by atoms with Gasteiger partial charge in [-0.3, -0.25) is 4.79 Å². The zero-order chi connectivity index (χ0) is 8.48. The fraction of sp³-hybridized carbons (Fsp3) is 0.875. The molecule has 3 nitrogen and oxygen atoms in total. The number of hydrogen-bond donors (Lipinski definition) is 1. The summed E-state index contributed by atoms with van der Waals surface area (Å²) in [6, 6.07) is 0. The summed E-state index contributed by atoms with van der Waals surface area (Å²) in [7, 11) is 0. The van der Waals surface area contributed by atoms with Crippen LogP contribution in [-0.4, -0.2) is 23.3 Å². The summed E-state index contributed by atoms with van der Waals surface area (Å²) in [5.41, 5.74) is -0.355. The average Bonchev–Trinajstić information content (AvgIpc) is 1.77. The van der Waals surface area contributed by atoms with E-state index < -0.39 is 5.97 Å². The Labute approximate surface area is 66.4 Å². The first-order valence-electron chi connectivity index (χ1n) is 3.92. The van der Waals surface area contributed by atoms with E-state index in [0.29, 0.717) is 12.5 Å². The van der Waals surface area contributed by atoms with Crippen LogP contribution in [0.2, 0.25) is 0 Å². The lowest BCUT2D eigenvalue weighted by atomic mass is 9.80. The van der Waals surface area contributed by atoms with Crippen LogP contribution in [0, 0.1) is 5.92 Å². The standard InChI is InChI=1S/C8H14O3/c1-6(2)8(3-4-11-8)5-7(9)10/h6H,3-5H2,1-2H3,(H,9,10). The van der Waals surface area contributed by atoms with Crippen molar-refractivity contribution in [1.82, 2.24) is 0 Å². The van der Waals surface area contributed by atoms with Crippen molar-refractivity contribution in [3.8, 4) is 0 Å². The predicted molar refractivity (Wildman–Crippen MR) is 40.4 cm³/mol. The van der Waals surface area contributed by atoms with E-state index in [1.165, 1.54) is 0 Å². The Hall–Kier alpha value is -0.570. The van der Waals surface area contributed by atoms with Crippen LogP contribution in [0.25, 0.3) is 0 Å². The van der Waals surface area contributed by atoms with E-state index >= 15 is 0 Å². The second-order valence-electron chi connectivity index (χ2n) is 3.39. The SMILES string of the molecule is CC(C)C1(CC(=O)O)CCO1. The molecule has 1 rings (SSSR count). The molecule has 1 unspecified atom stereocenters. The molecule has 1 fully saturated rings. The molecule has 0 bridgehead atoms. The Bertz CT molecular complexity index is 159. The smallest absolute Gasteiger partial charge is 0.306 e. The number of carbonyl (C=O) groups is 1. The van der Waals surface area contributed by atoms with Gasteiger partial charge >= 0.3 is 5.97 Å². The number of aliphatic carboxylic acids is 1. The van der Waals surface area contributed by atoms with Crippen molar-refractivity contribution >= 4 is 5.97 Å². The van der Waals surface area contributed by atoms with Crippen molar-refractivity contribution in [1.29, 1.82) is 0 Å². The van der Waals surface area contributed by atoms with Crippen molar-refractivity contribution in [3.05, 3.63) is 0 Å². The highest BCUT2D eigenvalue weighted by Crippen LogP contribution is 2.36. The molecular formula is C8H14O3. The fourth-order valence-corrected chi connectivity index (χ4v) is 1.42. The number of rotatable bonds is 3. The predicted octanol–water partition coefficient (Wildman–Crippen LogP) is 1.28. The molecule has 0 aromatic rings. The van der Waals surface area contributed by atoms with E-state index in [-0.39, 0.29) is 12.0 Å². The van der Waals surface area contributed by atoms with Crippen molar-refractivity contribution in [2.24, 2.45) is 5.92 Å². The molecule has 1 N–H and O–H groups in total. The molecule has 0 saturated carbocycles. The maximum absolute atomic E-state index is 10.4. The quantitative estimate of drug-likeness (QED) is 0.673. The first-order valence-corrected chi connectivity index (χ1v) is 3.92. The van der Waals surface area contributed by atoms with E-state index in [9.17, 15) is 4.79 Å². The van der Waals surface area contributed by atoms with E-state index in [2.05, 4.69) is 0 Å². The van der Waals surface area contributed by atoms with Gasteiger partial charge in [0.1, 0.15) is 0 Å². The highest BCUT2D eigenvalue weighted by atomic mass is 16.5. The molecule has 11 heavy (non-hydrogen) atoms. The van der Waals surface area contributed by atoms with E-state index in [4.69, 9.17) is 9.84 Å². The molecule has 0 spiro atoms. The van der Waals surface area contributed by atoms with Gasteiger partial charge in [-0.25, -0.2) is 0 Å². The molecule has 64 valence electrons. The van der Waals surface area contributed by atoms with Crippen LogP contribution in [-0.2, 0) is 9.53 Å². The molecule has 0 aliphatic carbocycles. The normalized spacial score (nSPS) is 30.1. The molecule has 3 heteroatoms. The van der Waals surface area contributed by atoms with Crippen LogP contribution < -0.4 is 0 Å². The average molecular weight is 158 g/mol. The number of hydrogen-bond acceptors (Lipinski definition) is 2. The van der Waals surface area contributed by atoms with Crippen molar-refractivity contribution in [2.75, 3.05) is 6.61 Å². The van der Waals surface area contributed by atoms with Crippen LogP contribution in [0.1, 0.15) is 26.7 Å². The van der Waals surface area contributed by atoms with Gasteiger partial charge in [-0.2, -0.15) is 0 Å². The second-order valence-corrected chi connectivity index (χ2v) is 3.39. The molecule has 1 atom stereocenters. The Balaban J connectivity index is 2.53. The molecule has 0 amide bonds.